The van der Waals surface area contributed by atoms with E-state index in [2.05, 4.69) is 40.9 Å². The number of hydrogen-bond donors (Lipinski definition) is 8. The van der Waals surface area contributed by atoms with Crippen LogP contribution in [0.2, 0.25) is 0 Å². The van der Waals surface area contributed by atoms with E-state index < -0.39 is 73.6 Å². The van der Waals surface area contributed by atoms with E-state index in [1.165, 1.54) is 54.6 Å². The average Bonchev–Trinajstić information content (AvgIpc) is 3.29. The molecule has 366 valence electrons. The summed E-state index contributed by atoms with van der Waals surface area (Å²) in [5.74, 6) is -1.85. The molecule has 23 nitrogen and oxygen atoms in total. The van der Waals surface area contributed by atoms with Gasteiger partial charge in [-0.1, -0.05) is 18.2 Å². The van der Waals surface area contributed by atoms with Crippen LogP contribution in [0.1, 0.15) is 11.1 Å². The third-order valence-corrected chi connectivity index (χ3v) is 13.3. The molecule has 0 saturated heterocycles. The van der Waals surface area contributed by atoms with Gasteiger partial charge in [-0.25, -0.2) is 8.42 Å². The number of phenolic OH excluding ortho intramolecular Hbond substituents is 4. The summed E-state index contributed by atoms with van der Waals surface area (Å²) in [5.41, 5.74) is 13.3. The van der Waals surface area contributed by atoms with E-state index in [-0.39, 0.29) is 102 Å². The van der Waals surface area contributed by atoms with E-state index in [0.717, 1.165) is 30.3 Å². The maximum absolute atomic E-state index is 12.6. The third kappa shape index (κ3) is 11.5. The minimum Gasteiger partial charge on any atom is -0.744 e. The van der Waals surface area contributed by atoms with Crippen LogP contribution < -0.4 is 41.0 Å². The van der Waals surface area contributed by atoms with Crippen molar-refractivity contribution in [2.24, 2.45) is 40.9 Å². The Labute approximate surface area is 436 Å². The second-order valence-electron chi connectivity index (χ2n) is 15.8. The van der Waals surface area contributed by atoms with Gasteiger partial charge in [0.05, 0.1) is 49.3 Å². The second-order valence-corrected chi connectivity index (χ2v) is 19.9. The SMILES string of the molecule is Cc1cc(-c2ccc(N=Nc3c(S(=O)(=O)[O-])cc4cc(S(=O)(=O)O)cc(N=Nc5ccc(O)cc5N)c4c3O)c(C)c2)ccc1N=Nc1c(S(=O)(=O)O)cc2ccc(N=Nc3ccc(O)cc3N)cc2c1O.[Na+]. The van der Waals surface area contributed by atoms with Gasteiger partial charge < -0.3 is 36.4 Å². The molecule has 0 spiro atoms. The Balaban J connectivity index is 0.00000780. The van der Waals surface area contributed by atoms with Crippen molar-refractivity contribution in [3.05, 3.63) is 126 Å². The van der Waals surface area contributed by atoms with Crippen molar-refractivity contribution >= 4 is 109 Å². The minimum absolute atomic E-state index is 0. The van der Waals surface area contributed by atoms with Crippen molar-refractivity contribution < 1.29 is 88.9 Å². The monoisotopic (exact) mass is 1050 g/mol. The fourth-order valence-corrected chi connectivity index (χ4v) is 9.07. The van der Waals surface area contributed by atoms with Crippen molar-refractivity contribution in [2.75, 3.05) is 11.5 Å². The zero-order chi connectivity index (χ0) is 52.0. The van der Waals surface area contributed by atoms with E-state index >= 15 is 0 Å². The molecule has 0 saturated carbocycles. The number of hydrogen-bond acceptors (Lipinski definition) is 21. The average molecular weight is 1060 g/mol. The van der Waals surface area contributed by atoms with Crippen LogP contribution in [0.15, 0.2) is 171 Å². The zero-order valence-electron chi connectivity index (χ0n) is 38.0. The summed E-state index contributed by atoms with van der Waals surface area (Å²) in [5, 5.41) is 74.2. The molecular formula is C46H35N10NaO13S3. The molecule has 0 radical (unpaired) electrons. The second kappa shape index (κ2) is 20.4. The number of aromatic hydroxyl groups is 4. The summed E-state index contributed by atoms with van der Waals surface area (Å²) in [6.45, 7) is 3.33. The van der Waals surface area contributed by atoms with Gasteiger partial charge in [0, 0.05) is 17.5 Å². The number of aryl methyl sites for hydroxylation is 2. The van der Waals surface area contributed by atoms with Gasteiger partial charge >= 0.3 is 29.6 Å². The maximum Gasteiger partial charge on any atom is 1.00 e. The maximum atomic E-state index is 12.6. The molecule has 73 heavy (non-hydrogen) atoms. The molecule has 0 aliphatic carbocycles. The molecule has 0 heterocycles. The first-order valence-electron chi connectivity index (χ1n) is 20.5. The third-order valence-electron chi connectivity index (χ3n) is 10.8. The fraction of sp³-hybridized carbons (Fsp3) is 0.0435. The van der Waals surface area contributed by atoms with Gasteiger partial charge in [0.2, 0.25) is 0 Å². The molecule has 8 aromatic carbocycles. The minimum atomic E-state index is -5.44. The molecule has 8 rings (SSSR count). The molecule has 0 unspecified atom stereocenters. The predicted octanol–water partition coefficient (Wildman–Crippen LogP) is 8.33. The normalized spacial score (nSPS) is 12.5. The molecule has 0 amide bonds. The van der Waals surface area contributed by atoms with Crippen molar-refractivity contribution in [2.45, 2.75) is 28.5 Å². The van der Waals surface area contributed by atoms with Crippen LogP contribution in [0.5, 0.6) is 23.0 Å². The van der Waals surface area contributed by atoms with Crippen LogP contribution in [0.25, 0.3) is 32.7 Å². The molecule has 0 aromatic heterocycles. The number of benzene rings is 8. The molecule has 8 aromatic rings. The fourth-order valence-electron chi connectivity index (χ4n) is 7.23. The van der Waals surface area contributed by atoms with Gasteiger partial charge in [-0.05, 0) is 132 Å². The molecular weight excluding hydrogens is 1020 g/mol. The standard InChI is InChI=1S/C46H36N10O13S3.Na/c1-22-13-24(4-9-35(22)50-55-43-40(71(64,65)66)16-26-3-6-28(18-32(26)45(43)59)49-52-37-11-7-29(57)19-33(37)47)25-5-10-36(23(2)14-25)51-56-44-41(72(67,68)69)17-27-15-31(70(61,62)63)21-39(42(27)46(44)60)54-53-38-12-8-30(58)20-34(38)48;/h3-21,57-60H,47-48H2,1-2H3,(H,61,62,63)(H,64,65,66)(H,67,68,69);/q;+1/p-1. The van der Waals surface area contributed by atoms with Gasteiger partial charge in [0.1, 0.15) is 49.3 Å². The van der Waals surface area contributed by atoms with E-state index in [1.54, 1.807) is 44.2 Å². The number of rotatable bonds is 12. The zero-order valence-corrected chi connectivity index (χ0v) is 42.4. The summed E-state index contributed by atoms with van der Waals surface area (Å²) in [7, 11) is -15.3. The van der Waals surface area contributed by atoms with Crippen LogP contribution in [0, 0.1) is 13.8 Å². The number of nitrogens with zero attached hydrogens (tertiary/aromatic N) is 8. The molecule has 27 heteroatoms. The van der Waals surface area contributed by atoms with E-state index in [0.29, 0.717) is 22.3 Å². The van der Waals surface area contributed by atoms with Crippen LogP contribution in [0.4, 0.5) is 56.9 Å². The van der Waals surface area contributed by atoms with E-state index in [4.69, 9.17) is 11.5 Å². The van der Waals surface area contributed by atoms with Crippen molar-refractivity contribution in [3.63, 3.8) is 0 Å². The summed E-state index contributed by atoms with van der Waals surface area (Å²) in [4.78, 5) is -2.60. The Bertz CT molecular complexity index is 4080. The van der Waals surface area contributed by atoms with Crippen LogP contribution >= 0.6 is 0 Å². The van der Waals surface area contributed by atoms with Crippen LogP contribution in [-0.4, -0.2) is 59.3 Å². The Kier molecular flexibility index (Phi) is 14.8. The topological polar surface area (TPSA) is 398 Å². The molecule has 0 fully saturated rings. The van der Waals surface area contributed by atoms with E-state index in [9.17, 15) is 59.3 Å². The number of azo groups is 4. The summed E-state index contributed by atoms with van der Waals surface area (Å²) < 4.78 is 107. The van der Waals surface area contributed by atoms with Gasteiger partial charge in [-0.15, -0.1) is 25.6 Å². The summed E-state index contributed by atoms with van der Waals surface area (Å²) in [6, 6.07) is 25.4. The van der Waals surface area contributed by atoms with Crippen molar-refractivity contribution in [3.8, 4) is 34.1 Å². The Morgan fingerprint density at radius 2 is 0.945 bits per heavy atom. The molecule has 0 bridgehead atoms. The molecule has 10 N–H and O–H groups in total. The number of fused-ring (bicyclic) bond motifs is 2. The Morgan fingerprint density at radius 3 is 1.44 bits per heavy atom. The first kappa shape index (κ1) is 53.0. The Morgan fingerprint density at radius 1 is 0.466 bits per heavy atom. The number of phenols is 4. The molecule has 0 aliphatic rings. The number of nitrogens with two attached hydrogens (primary N) is 2. The summed E-state index contributed by atoms with van der Waals surface area (Å²) in [6.07, 6.45) is 0. The van der Waals surface area contributed by atoms with E-state index in [1.807, 2.05) is 0 Å². The molecule has 0 atom stereocenters. The number of nitrogen functional groups attached to an aromatic ring is 2. The summed E-state index contributed by atoms with van der Waals surface area (Å²) >= 11 is 0. The van der Waals surface area contributed by atoms with Crippen LogP contribution in [0.3, 0.4) is 0 Å². The van der Waals surface area contributed by atoms with Gasteiger partial charge in [0.15, 0.2) is 11.5 Å². The number of anilines is 2. The van der Waals surface area contributed by atoms with Crippen molar-refractivity contribution in [1.29, 1.82) is 0 Å². The first-order valence-corrected chi connectivity index (χ1v) is 24.7. The van der Waals surface area contributed by atoms with Crippen molar-refractivity contribution in [1.82, 2.24) is 0 Å². The smallest absolute Gasteiger partial charge is 0.744 e. The van der Waals surface area contributed by atoms with Gasteiger partial charge in [-0.3, -0.25) is 9.11 Å². The quantitative estimate of drug-likeness (QED) is 0.0247. The van der Waals surface area contributed by atoms with Crippen LogP contribution in [-0.2, 0) is 30.4 Å². The van der Waals surface area contributed by atoms with Gasteiger partial charge in [0.25, 0.3) is 20.2 Å². The Hall–Kier alpha value is -7.79. The largest absolute Gasteiger partial charge is 1.00 e. The van der Waals surface area contributed by atoms with Gasteiger partial charge in [-0.2, -0.15) is 32.2 Å². The first-order chi connectivity index (χ1) is 33.8. The molecule has 0 aliphatic heterocycles. The predicted molar refractivity (Wildman–Crippen MR) is 262 cm³/mol.